The summed E-state index contributed by atoms with van der Waals surface area (Å²) < 4.78 is 0.881. The number of hydrogen-bond donors (Lipinski definition) is 3. The summed E-state index contributed by atoms with van der Waals surface area (Å²) in [5.41, 5.74) is 7.52. The van der Waals surface area contributed by atoms with Crippen LogP contribution in [0.4, 0.5) is 11.4 Å². The molecule has 0 aliphatic heterocycles. The van der Waals surface area contributed by atoms with Crippen LogP contribution in [0.3, 0.4) is 0 Å². The van der Waals surface area contributed by atoms with Gasteiger partial charge in [0.25, 0.3) is 5.91 Å². The molecule has 1 aromatic carbocycles. The Morgan fingerprint density at radius 2 is 2.20 bits per heavy atom. The summed E-state index contributed by atoms with van der Waals surface area (Å²) in [5.74, 6) is -0.350. The lowest BCUT2D eigenvalue weighted by Gasteiger charge is -2.07. The third-order valence-electron chi connectivity index (χ3n) is 2.82. The number of anilines is 2. The van der Waals surface area contributed by atoms with Gasteiger partial charge >= 0.3 is 0 Å². The molecule has 0 unspecified atom stereocenters. The summed E-state index contributed by atoms with van der Waals surface area (Å²) in [6, 6.07) is 7.49. The van der Waals surface area contributed by atoms with E-state index in [2.05, 4.69) is 36.4 Å². The van der Waals surface area contributed by atoms with Gasteiger partial charge in [-0.3, -0.25) is 14.9 Å². The first-order chi connectivity index (χ1) is 9.65. The maximum atomic E-state index is 12.1. The molecule has 20 heavy (non-hydrogen) atoms. The monoisotopic (exact) mass is 331 g/mol. The lowest BCUT2D eigenvalue weighted by Crippen LogP contribution is -2.14. The van der Waals surface area contributed by atoms with Crippen LogP contribution in [0.5, 0.6) is 0 Å². The second kappa shape index (κ2) is 4.93. The van der Waals surface area contributed by atoms with Gasteiger partial charge in [0, 0.05) is 16.1 Å². The number of para-hydroxylation sites is 1. The number of pyridine rings is 1. The van der Waals surface area contributed by atoms with Crippen LogP contribution in [0.1, 0.15) is 10.5 Å². The molecule has 2 heterocycles. The molecule has 7 heteroatoms. The van der Waals surface area contributed by atoms with E-state index in [1.807, 2.05) is 18.2 Å². The van der Waals surface area contributed by atoms with Crippen LogP contribution in [-0.4, -0.2) is 21.1 Å². The number of aromatic nitrogens is 3. The predicted molar refractivity (Wildman–Crippen MR) is 80.4 cm³/mol. The van der Waals surface area contributed by atoms with Crippen LogP contribution < -0.4 is 11.1 Å². The molecule has 0 aliphatic carbocycles. The smallest absolute Gasteiger partial charge is 0.275 e. The van der Waals surface area contributed by atoms with Gasteiger partial charge in [-0.15, -0.1) is 0 Å². The Hall–Kier alpha value is -2.41. The highest BCUT2D eigenvalue weighted by molar-refractivity contribution is 9.10. The van der Waals surface area contributed by atoms with E-state index < -0.39 is 0 Å². The van der Waals surface area contributed by atoms with Gasteiger partial charge < -0.3 is 11.1 Å². The van der Waals surface area contributed by atoms with Crippen molar-refractivity contribution in [3.8, 4) is 0 Å². The van der Waals surface area contributed by atoms with E-state index in [0.29, 0.717) is 16.9 Å². The van der Waals surface area contributed by atoms with Crippen molar-refractivity contribution in [3.05, 3.63) is 46.8 Å². The number of halogens is 1. The summed E-state index contributed by atoms with van der Waals surface area (Å²) in [6.45, 7) is 0. The number of hydrogen-bond acceptors (Lipinski definition) is 4. The van der Waals surface area contributed by atoms with Crippen molar-refractivity contribution >= 4 is 44.1 Å². The van der Waals surface area contributed by atoms with Crippen LogP contribution in [0.25, 0.3) is 10.9 Å². The summed E-state index contributed by atoms with van der Waals surface area (Å²) in [7, 11) is 0. The van der Waals surface area contributed by atoms with E-state index in [1.54, 1.807) is 12.3 Å². The van der Waals surface area contributed by atoms with Gasteiger partial charge in [0.15, 0.2) is 0 Å². The highest BCUT2D eigenvalue weighted by atomic mass is 79.9. The summed E-state index contributed by atoms with van der Waals surface area (Å²) >= 11 is 3.37. The first-order valence-electron chi connectivity index (χ1n) is 5.79. The van der Waals surface area contributed by atoms with Gasteiger partial charge in [0.05, 0.1) is 23.1 Å². The highest BCUT2D eigenvalue weighted by Crippen LogP contribution is 2.24. The first kappa shape index (κ1) is 12.6. The number of nitrogen functional groups attached to an aromatic ring is 1. The lowest BCUT2D eigenvalue weighted by molar-refractivity contribution is 0.102. The molecule has 2 aromatic heterocycles. The fraction of sp³-hybridized carbons (Fsp3) is 0. The zero-order valence-corrected chi connectivity index (χ0v) is 11.8. The largest absolute Gasteiger partial charge is 0.396 e. The van der Waals surface area contributed by atoms with Crippen molar-refractivity contribution in [2.75, 3.05) is 11.1 Å². The van der Waals surface area contributed by atoms with Crippen molar-refractivity contribution < 1.29 is 4.79 Å². The molecule has 0 spiro atoms. The third kappa shape index (κ3) is 2.23. The number of benzene rings is 1. The maximum Gasteiger partial charge on any atom is 0.275 e. The second-order valence-electron chi connectivity index (χ2n) is 4.19. The molecule has 4 N–H and O–H groups in total. The zero-order valence-electron chi connectivity index (χ0n) is 10.2. The number of nitrogens with two attached hydrogens (primary N) is 1. The third-order valence-corrected chi connectivity index (χ3v) is 3.26. The lowest BCUT2D eigenvalue weighted by atomic mass is 10.2. The molecule has 0 radical (unpaired) electrons. The minimum Gasteiger partial charge on any atom is -0.396 e. The van der Waals surface area contributed by atoms with Gasteiger partial charge in [0.2, 0.25) is 0 Å². The molecular weight excluding hydrogens is 322 g/mol. The molecule has 100 valence electrons. The number of aromatic amines is 1. The van der Waals surface area contributed by atoms with Crippen molar-refractivity contribution in [2.45, 2.75) is 0 Å². The van der Waals surface area contributed by atoms with Crippen LogP contribution in [-0.2, 0) is 0 Å². The van der Waals surface area contributed by atoms with Gasteiger partial charge in [-0.25, -0.2) is 0 Å². The first-order valence-corrected chi connectivity index (χ1v) is 6.59. The Morgan fingerprint density at radius 1 is 1.35 bits per heavy atom. The fourth-order valence-corrected chi connectivity index (χ4v) is 2.25. The normalized spacial score (nSPS) is 10.7. The fourth-order valence-electron chi connectivity index (χ4n) is 1.90. The maximum absolute atomic E-state index is 12.1. The number of nitrogens with zero attached hydrogens (tertiary/aromatic N) is 2. The zero-order chi connectivity index (χ0) is 14.1. The van der Waals surface area contributed by atoms with Gasteiger partial charge in [-0.05, 0) is 28.1 Å². The molecule has 0 fully saturated rings. The minimum atomic E-state index is -0.350. The minimum absolute atomic E-state index is 0.235. The van der Waals surface area contributed by atoms with Crippen molar-refractivity contribution in [1.82, 2.24) is 15.2 Å². The molecule has 0 atom stereocenters. The Balaban J connectivity index is 1.99. The number of amides is 1. The molecule has 0 saturated carbocycles. The molecule has 0 saturated heterocycles. The number of fused-ring (bicyclic) bond motifs is 1. The Bertz CT molecular complexity index is 798. The molecule has 0 aliphatic rings. The van der Waals surface area contributed by atoms with E-state index in [0.717, 1.165) is 9.86 Å². The van der Waals surface area contributed by atoms with Gasteiger partial charge in [-0.1, -0.05) is 12.1 Å². The molecule has 3 aromatic rings. The molecule has 3 rings (SSSR count). The molecular formula is C13H10BrN5O. The van der Waals surface area contributed by atoms with E-state index in [9.17, 15) is 4.79 Å². The number of rotatable bonds is 2. The highest BCUT2D eigenvalue weighted by Gasteiger charge is 2.13. The molecule has 1 amide bonds. The van der Waals surface area contributed by atoms with Crippen LogP contribution in [0.15, 0.2) is 41.1 Å². The molecule has 0 bridgehead atoms. The Labute approximate surface area is 122 Å². The van der Waals surface area contributed by atoms with Crippen LogP contribution >= 0.6 is 15.9 Å². The average Bonchev–Trinajstić information content (AvgIpc) is 2.85. The van der Waals surface area contributed by atoms with E-state index in [-0.39, 0.29) is 11.6 Å². The Morgan fingerprint density at radius 3 is 2.95 bits per heavy atom. The van der Waals surface area contributed by atoms with Crippen LogP contribution in [0, 0.1) is 0 Å². The van der Waals surface area contributed by atoms with Crippen LogP contribution in [0.2, 0.25) is 0 Å². The van der Waals surface area contributed by atoms with Crippen molar-refractivity contribution in [3.63, 3.8) is 0 Å². The second-order valence-corrected chi connectivity index (χ2v) is 5.10. The van der Waals surface area contributed by atoms with E-state index in [4.69, 9.17) is 5.73 Å². The quantitative estimate of drug-likeness (QED) is 0.672. The molecule has 6 nitrogen and oxygen atoms in total. The number of H-pyrrole nitrogens is 1. The Kier molecular flexibility index (Phi) is 3.11. The van der Waals surface area contributed by atoms with Gasteiger partial charge in [0.1, 0.15) is 5.69 Å². The number of carbonyl (C=O) groups excluding carboxylic acids is 1. The van der Waals surface area contributed by atoms with Gasteiger partial charge in [-0.2, -0.15) is 5.10 Å². The summed E-state index contributed by atoms with van der Waals surface area (Å²) in [5, 5.41) is 10.00. The van der Waals surface area contributed by atoms with E-state index in [1.165, 1.54) is 6.20 Å². The van der Waals surface area contributed by atoms with Crippen molar-refractivity contribution in [2.24, 2.45) is 0 Å². The standard InChI is InChI=1S/C13H10BrN5O/c14-8-4-7-2-1-3-10(11(7)16-5-8)18-13(20)12-9(15)6-17-19-12/h1-6H,15H2,(H,17,19)(H,18,20). The number of carbonyl (C=O) groups is 1. The van der Waals surface area contributed by atoms with Crippen molar-refractivity contribution in [1.29, 1.82) is 0 Å². The average molecular weight is 332 g/mol. The summed E-state index contributed by atoms with van der Waals surface area (Å²) in [6.07, 6.45) is 3.08. The predicted octanol–water partition coefficient (Wildman–Crippen LogP) is 2.55. The van der Waals surface area contributed by atoms with E-state index >= 15 is 0 Å². The summed E-state index contributed by atoms with van der Waals surface area (Å²) in [4.78, 5) is 16.4. The number of nitrogens with one attached hydrogen (secondary N) is 2. The SMILES string of the molecule is Nc1cn[nH]c1C(=O)Nc1cccc2cc(Br)cnc12. The topological polar surface area (TPSA) is 96.7 Å².